The first-order valence-electron chi connectivity index (χ1n) is 7.93. The monoisotopic (exact) mass is 322 g/mol. The maximum atomic E-state index is 6.13. The largest absolute Gasteiger partial charge is 0.394 e. The molecule has 0 bridgehead atoms. The molecule has 2 nitrogen and oxygen atoms in total. The van der Waals surface area contributed by atoms with Gasteiger partial charge in [0.05, 0.1) is 0 Å². The maximum absolute atomic E-state index is 6.13. The van der Waals surface area contributed by atoms with Crippen molar-refractivity contribution in [3.63, 3.8) is 0 Å². The summed E-state index contributed by atoms with van der Waals surface area (Å²) >= 11 is 2.23. The van der Waals surface area contributed by atoms with Crippen LogP contribution >= 0.6 is 11.2 Å². The summed E-state index contributed by atoms with van der Waals surface area (Å²) in [5, 5.41) is 1.12. The van der Waals surface area contributed by atoms with Gasteiger partial charge in [-0.2, -0.15) is 11.2 Å². The predicted molar refractivity (Wildman–Crippen MR) is 93.8 cm³/mol. The molecule has 0 saturated heterocycles. The normalized spacial score (nSPS) is 12.9. The Hall–Kier alpha value is 0.704. The summed E-state index contributed by atoms with van der Waals surface area (Å²) < 4.78 is 12.3. The van der Waals surface area contributed by atoms with Crippen molar-refractivity contribution >= 4 is 27.0 Å². The Morgan fingerprint density at radius 1 is 0.789 bits per heavy atom. The molecule has 0 spiro atoms. The van der Waals surface area contributed by atoms with Gasteiger partial charge in [0.25, 0.3) is 0 Å². The second-order valence-corrected chi connectivity index (χ2v) is 17.6. The van der Waals surface area contributed by atoms with Crippen molar-refractivity contribution in [3.05, 3.63) is 0 Å². The topological polar surface area (TPSA) is 18.5 Å². The van der Waals surface area contributed by atoms with Crippen molar-refractivity contribution in [3.8, 4) is 0 Å². The Balaban J connectivity index is 4.53. The van der Waals surface area contributed by atoms with Crippen LogP contribution < -0.4 is 0 Å². The van der Waals surface area contributed by atoms with Crippen LogP contribution in [0.1, 0.15) is 47.5 Å². The van der Waals surface area contributed by atoms with Crippen molar-refractivity contribution in [1.82, 2.24) is 0 Å². The fourth-order valence-corrected chi connectivity index (χ4v) is 15.5. The third kappa shape index (κ3) is 7.32. The maximum Gasteiger partial charge on any atom is 0.344 e. The molecule has 0 aromatic heterocycles. The molecule has 0 saturated carbocycles. The van der Waals surface area contributed by atoms with Crippen LogP contribution in [0.15, 0.2) is 0 Å². The second-order valence-electron chi connectivity index (χ2n) is 5.36. The highest BCUT2D eigenvalue weighted by atomic mass is 32.4. The van der Waals surface area contributed by atoms with Crippen LogP contribution in [0.3, 0.4) is 0 Å². The minimum absolute atomic E-state index is 0.853. The molecule has 0 heterocycles. The van der Waals surface area contributed by atoms with Gasteiger partial charge in [0.15, 0.2) is 0 Å². The summed E-state index contributed by atoms with van der Waals surface area (Å²) in [5.74, 6) is 0. The van der Waals surface area contributed by atoms with E-state index in [-0.39, 0.29) is 0 Å². The molecule has 0 aromatic carbocycles. The average Bonchev–Trinajstić information content (AvgIpc) is 2.45. The van der Waals surface area contributed by atoms with E-state index >= 15 is 0 Å². The first-order valence-corrected chi connectivity index (χ1v) is 14.8. The smallest absolute Gasteiger partial charge is 0.344 e. The molecule has 0 fully saturated rings. The summed E-state index contributed by atoms with van der Waals surface area (Å²) in [6, 6.07) is 4.12. The third-order valence-electron chi connectivity index (χ3n) is 3.80. The average molecular weight is 323 g/mol. The van der Waals surface area contributed by atoms with Gasteiger partial charge in [0.1, 0.15) is 7.22 Å². The summed E-state index contributed by atoms with van der Waals surface area (Å²) in [7, 11) is -3.07. The van der Waals surface area contributed by atoms with Crippen LogP contribution in [-0.2, 0) is 8.85 Å². The Morgan fingerprint density at radius 2 is 1.21 bits per heavy atom. The predicted octanol–water partition coefficient (Wildman–Crippen LogP) is 5.19. The third-order valence-corrected chi connectivity index (χ3v) is 18.3. The van der Waals surface area contributed by atoms with Crippen LogP contribution in [0.2, 0.25) is 24.7 Å². The zero-order chi connectivity index (χ0) is 14.8. The molecule has 5 heteroatoms. The summed E-state index contributed by atoms with van der Waals surface area (Å²) in [6.07, 6.45) is 2.17. The fraction of sp³-hybridized carbons (Fsp3) is 1.00. The highest BCUT2D eigenvalue weighted by Crippen LogP contribution is 2.34. The molecule has 0 radical (unpaired) electrons. The molecule has 0 rings (SSSR count). The zero-order valence-electron chi connectivity index (χ0n) is 13.9. The second kappa shape index (κ2) is 10.4. The van der Waals surface area contributed by atoms with Gasteiger partial charge >= 0.3 is 8.56 Å². The van der Waals surface area contributed by atoms with Crippen molar-refractivity contribution in [2.75, 3.05) is 18.6 Å². The molecule has 0 atom stereocenters. The number of rotatable bonds is 12. The minimum Gasteiger partial charge on any atom is -0.394 e. The van der Waals surface area contributed by atoms with Crippen molar-refractivity contribution < 1.29 is 8.85 Å². The van der Waals surface area contributed by atoms with Gasteiger partial charge < -0.3 is 8.85 Å². The van der Waals surface area contributed by atoms with Gasteiger partial charge in [-0.15, -0.1) is 0 Å². The quantitative estimate of drug-likeness (QED) is 0.461. The van der Waals surface area contributed by atoms with Gasteiger partial charge in [-0.05, 0) is 19.4 Å². The van der Waals surface area contributed by atoms with Gasteiger partial charge in [-0.3, -0.25) is 0 Å². The fourth-order valence-electron chi connectivity index (χ4n) is 2.10. The SMILES string of the molecule is CCCO[Si](C)(CS[Si](CC)(CC)CC)OCCC. The molecule has 0 aromatic rings. The van der Waals surface area contributed by atoms with Crippen LogP contribution in [0.4, 0.5) is 0 Å². The van der Waals surface area contributed by atoms with Gasteiger partial charge in [0.2, 0.25) is 0 Å². The van der Waals surface area contributed by atoms with E-state index in [0.717, 1.165) is 31.4 Å². The standard InChI is InChI=1S/C14H34O2SSi2/c1-7-12-15-18(6,16-13-8-2)14-17-19(9-3,10-4)11-5/h7-14H2,1-6H3. The van der Waals surface area contributed by atoms with E-state index in [0.29, 0.717) is 0 Å². The molecule has 116 valence electrons. The van der Waals surface area contributed by atoms with Crippen molar-refractivity contribution in [2.45, 2.75) is 72.1 Å². The lowest BCUT2D eigenvalue weighted by Gasteiger charge is -2.33. The van der Waals surface area contributed by atoms with E-state index in [2.05, 4.69) is 52.4 Å². The van der Waals surface area contributed by atoms with E-state index in [9.17, 15) is 0 Å². The van der Waals surface area contributed by atoms with Gasteiger partial charge in [-0.1, -0.05) is 52.8 Å². The van der Waals surface area contributed by atoms with E-state index in [1.54, 1.807) is 0 Å². The van der Waals surface area contributed by atoms with E-state index < -0.39 is 15.8 Å². The summed E-state index contributed by atoms with van der Waals surface area (Å²) in [4.78, 5) is 0. The molecule has 19 heavy (non-hydrogen) atoms. The number of hydrogen-bond acceptors (Lipinski definition) is 3. The van der Waals surface area contributed by atoms with Crippen LogP contribution in [0.5, 0.6) is 0 Å². The summed E-state index contributed by atoms with van der Waals surface area (Å²) in [6.45, 7) is 15.4. The van der Waals surface area contributed by atoms with Crippen molar-refractivity contribution in [2.24, 2.45) is 0 Å². The first-order chi connectivity index (χ1) is 9.01. The van der Waals surface area contributed by atoms with Crippen LogP contribution in [0.25, 0.3) is 0 Å². The Kier molecular flexibility index (Phi) is 10.8. The minimum atomic E-state index is -1.95. The lowest BCUT2D eigenvalue weighted by atomic mass is 10.5. The molecule has 0 aliphatic carbocycles. The van der Waals surface area contributed by atoms with E-state index in [1.165, 1.54) is 18.1 Å². The van der Waals surface area contributed by atoms with Crippen molar-refractivity contribution in [1.29, 1.82) is 0 Å². The Morgan fingerprint density at radius 3 is 1.53 bits per heavy atom. The molecule has 0 amide bonds. The lowest BCUT2D eigenvalue weighted by Crippen LogP contribution is -2.45. The molecular formula is C14H34O2SSi2. The Bertz CT molecular complexity index is 207. The lowest BCUT2D eigenvalue weighted by molar-refractivity contribution is 0.178. The molecule has 0 N–H and O–H groups in total. The zero-order valence-corrected chi connectivity index (χ0v) is 16.7. The number of hydrogen-bond donors (Lipinski definition) is 0. The first kappa shape index (κ1) is 19.7. The molecule has 0 aliphatic rings. The van der Waals surface area contributed by atoms with Crippen LogP contribution in [0, 0.1) is 0 Å². The Labute approximate surface area is 126 Å². The molecular weight excluding hydrogens is 288 g/mol. The van der Waals surface area contributed by atoms with E-state index in [1.807, 2.05) is 0 Å². The van der Waals surface area contributed by atoms with Gasteiger partial charge in [-0.25, -0.2) is 0 Å². The highest BCUT2D eigenvalue weighted by molar-refractivity contribution is 8.29. The van der Waals surface area contributed by atoms with E-state index in [4.69, 9.17) is 8.85 Å². The van der Waals surface area contributed by atoms with Gasteiger partial charge in [0, 0.05) is 18.6 Å². The van der Waals surface area contributed by atoms with Crippen LogP contribution in [-0.4, -0.2) is 34.4 Å². The molecule has 0 aliphatic heterocycles. The summed E-state index contributed by atoms with van der Waals surface area (Å²) in [5.41, 5.74) is 0. The molecule has 0 unspecified atom stereocenters. The highest BCUT2D eigenvalue weighted by Gasteiger charge is 2.36.